The topological polar surface area (TPSA) is 111 Å². The molecule has 1 rings (SSSR count). The van der Waals surface area contributed by atoms with E-state index in [4.69, 9.17) is 13.1 Å². The maximum Gasteiger partial charge on any atom is 0.449 e. The van der Waals surface area contributed by atoms with Crippen LogP contribution in [0.3, 0.4) is 0 Å². The normalized spacial score (nSPS) is 13.7. The number of nitrogens with one attached hydrogen (secondary N) is 1. The summed E-state index contributed by atoms with van der Waals surface area (Å²) in [5.74, 6) is 0.0555. The second-order valence-electron chi connectivity index (χ2n) is 8.28. The predicted octanol–water partition coefficient (Wildman–Crippen LogP) is 2.93. The Morgan fingerprint density at radius 2 is 1.67 bits per heavy atom. The zero-order valence-corrected chi connectivity index (χ0v) is 17.4. The van der Waals surface area contributed by atoms with Crippen molar-refractivity contribution in [2.45, 2.75) is 53.2 Å². The smallest absolute Gasteiger partial charge is 0.444 e. The molecule has 0 aliphatic rings. The first kappa shape index (κ1) is 23.2. The molecule has 1 aromatic rings. The Labute approximate surface area is 161 Å². The van der Waals surface area contributed by atoms with Crippen molar-refractivity contribution < 1.29 is 31.4 Å². The van der Waals surface area contributed by atoms with Crippen molar-refractivity contribution in [3.63, 3.8) is 0 Å². The summed E-state index contributed by atoms with van der Waals surface area (Å²) in [6.45, 7) is 10.7. The molecule has 1 unspecified atom stereocenters. The van der Waals surface area contributed by atoms with E-state index in [0.29, 0.717) is 5.56 Å². The first-order chi connectivity index (χ1) is 12.2. The monoisotopic (exact) mass is 403 g/mol. The van der Waals surface area contributed by atoms with Crippen LogP contribution in [0.4, 0.5) is 4.79 Å². The molecule has 27 heavy (non-hydrogen) atoms. The van der Waals surface area contributed by atoms with E-state index in [1.807, 2.05) is 20.8 Å². The number of hydrogen-bond donors (Lipinski definition) is 2. The van der Waals surface area contributed by atoms with Gasteiger partial charge in [0.05, 0.1) is 19.3 Å². The number of carbonyl (C=O) groups is 1. The number of aliphatic hydroxyl groups is 1. The predicted molar refractivity (Wildman–Crippen MR) is 101 cm³/mol. The average molecular weight is 403 g/mol. The molecule has 1 aromatic carbocycles. The molecule has 8 nitrogen and oxygen atoms in total. The summed E-state index contributed by atoms with van der Waals surface area (Å²) in [4.78, 5) is 11.6. The molecular weight excluding hydrogens is 374 g/mol. The maximum absolute atomic E-state index is 11.8. The fourth-order valence-electron chi connectivity index (χ4n) is 1.75. The fraction of sp³-hybridized carbons (Fsp3) is 0.611. The van der Waals surface area contributed by atoms with Crippen LogP contribution in [0.15, 0.2) is 24.3 Å². The van der Waals surface area contributed by atoms with E-state index in [0.717, 1.165) is 0 Å². The lowest BCUT2D eigenvalue weighted by Gasteiger charge is -2.20. The minimum absolute atomic E-state index is 0.0114. The van der Waals surface area contributed by atoms with Gasteiger partial charge in [-0.25, -0.2) is 8.98 Å². The number of carbonyl (C=O) groups excluding carboxylic acids is 1. The minimum atomic E-state index is -4.18. The molecular formula is C18H29NO7S. The molecule has 0 heterocycles. The van der Waals surface area contributed by atoms with Gasteiger partial charge in [0.1, 0.15) is 11.4 Å². The number of hydrogen-bond acceptors (Lipinski definition) is 7. The number of rotatable bonds is 7. The van der Waals surface area contributed by atoms with E-state index < -0.39 is 28.2 Å². The van der Waals surface area contributed by atoms with Crippen molar-refractivity contribution in [1.82, 2.24) is 5.32 Å². The molecule has 1 amide bonds. The van der Waals surface area contributed by atoms with Crippen molar-refractivity contribution >= 4 is 16.5 Å². The Balaban J connectivity index is 2.59. The lowest BCUT2D eigenvalue weighted by molar-refractivity contribution is 0.0491. The van der Waals surface area contributed by atoms with Crippen molar-refractivity contribution in [1.29, 1.82) is 0 Å². The Hall–Kier alpha value is -1.84. The summed E-state index contributed by atoms with van der Waals surface area (Å²) in [6, 6.07) is 5.78. The molecule has 1 atom stereocenters. The van der Waals surface area contributed by atoms with Crippen LogP contribution in [0.5, 0.6) is 5.75 Å². The highest BCUT2D eigenvalue weighted by Crippen LogP contribution is 2.21. The van der Waals surface area contributed by atoms with Crippen LogP contribution in [0.2, 0.25) is 0 Å². The summed E-state index contributed by atoms with van der Waals surface area (Å²) in [5, 5.41) is 12.6. The van der Waals surface area contributed by atoms with Crippen LogP contribution in [-0.2, 0) is 19.3 Å². The molecule has 0 fully saturated rings. The van der Waals surface area contributed by atoms with Gasteiger partial charge in [0.2, 0.25) is 0 Å². The van der Waals surface area contributed by atoms with Crippen molar-refractivity contribution in [2.24, 2.45) is 5.41 Å². The Kier molecular flexibility index (Phi) is 7.65. The van der Waals surface area contributed by atoms with Crippen molar-refractivity contribution in [2.75, 3.05) is 13.2 Å². The summed E-state index contributed by atoms with van der Waals surface area (Å²) < 4.78 is 38.4. The Morgan fingerprint density at radius 3 is 2.15 bits per heavy atom. The molecule has 0 aliphatic heterocycles. The molecule has 154 valence electrons. The second kappa shape index (κ2) is 8.90. The van der Waals surface area contributed by atoms with E-state index in [-0.39, 0.29) is 24.3 Å². The van der Waals surface area contributed by atoms with Crippen molar-refractivity contribution in [3.8, 4) is 5.75 Å². The zero-order valence-electron chi connectivity index (χ0n) is 16.6. The van der Waals surface area contributed by atoms with Crippen LogP contribution in [0.25, 0.3) is 0 Å². The van der Waals surface area contributed by atoms with Gasteiger partial charge in [-0.15, -0.1) is 0 Å². The van der Waals surface area contributed by atoms with E-state index in [9.17, 15) is 18.3 Å². The lowest BCUT2D eigenvalue weighted by atomic mass is 9.99. The molecule has 0 saturated heterocycles. The molecule has 0 spiro atoms. The molecule has 2 N–H and O–H groups in total. The number of alkyl carbamates (subject to hydrolysis) is 1. The largest absolute Gasteiger partial charge is 0.449 e. The van der Waals surface area contributed by atoms with Crippen molar-refractivity contribution in [3.05, 3.63) is 29.8 Å². The van der Waals surface area contributed by atoms with Crippen LogP contribution in [0.1, 0.15) is 53.2 Å². The van der Waals surface area contributed by atoms with Crippen LogP contribution < -0.4 is 9.50 Å². The minimum Gasteiger partial charge on any atom is -0.444 e. The highest BCUT2D eigenvalue weighted by atomic mass is 32.3. The summed E-state index contributed by atoms with van der Waals surface area (Å²) in [6.07, 6.45) is -1.62. The number of ether oxygens (including phenoxy) is 1. The van der Waals surface area contributed by atoms with Crippen LogP contribution in [-0.4, -0.2) is 38.4 Å². The average Bonchev–Trinajstić information content (AvgIpc) is 2.49. The second-order valence-corrected chi connectivity index (χ2v) is 9.50. The Morgan fingerprint density at radius 1 is 1.11 bits per heavy atom. The Bertz CT molecular complexity index is 716. The lowest BCUT2D eigenvalue weighted by Crippen LogP contribution is -2.34. The van der Waals surface area contributed by atoms with Crippen LogP contribution in [0, 0.1) is 5.41 Å². The van der Waals surface area contributed by atoms with Gasteiger partial charge in [0.25, 0.3) is 0 Å². The molecule has 0 bridgehead atoms. The third-order valence-electron chi connectivity index (χ3n) is 2.94. The molecule has 0 saturated carbocycles. The van der Waals surface area contributed by atoms with Crippen LogP contribution >= 0.6 is 0 Å². The first-order valence-corrected chi connectivity index (χ1v) is 9.84. The van der Waals surface area contributed by atoms with E-state index in [1.165, 1.54) is 24.3 Å². The summed E-state index contributed by atoms with van der Waals surface area (Å²) >= 11 is 0. The van der Waals surface area contributed by atoms with E-state index in [1.54, 1.807) is 20.8 Å². The molecule has 0 radical (unpaired) electrons. The maximum atomic E-state index is 11.8. The van der Waals surface area contributed by atoms with Gasteiger partial charge < -0.3 is 19.3 Å². The number of aliphatic hydroxyl groups excluding tert-OH is 1. The van der Waals surface area contributed by atoms with Gasteiger partial charge in [-0.3, -0.25) is 0 Å². The fourth-order valence-corrected chi connectivity index (χ4v) is 2.64. The zero-order chi connectivity index (χ0) is 20.9. The molecule has 0 aliphatic carbocycles. The third-order valence-corrected chi connectivity index (χ3v) is 3.74. The third kappa shape index (κ3) is 10.2. The highest BCUT2D eigenvalue weighted by Gasteiger charge is 2.20. The van der Waals surface area contributed by atoms with Gasteiger partial charge in [0, 0.05) is 0 Å². The van der Waals surface area contributed by atoms with E-state index >= 15 is 0 Å². The van der Waals surface area contributed by atoms with Gasteiger partial charge in [-0.2, -0.15) is 8.42 Å². The van der Waals surface area contributed by atoms with Gasteiger partial charge in [-0.05, 0) is 43.9 Å². The molecule has 9 heteroatoms. The standard InChI is InChI=1S/C18H29NO7S/c1-17(2,3)12-24-27(22,23)26-14-9-7-13(8-10-14)15(20)11-19-16(21)25-18(4,5)6/h7-10,15,20H,11-12H2,1-6H3,(H,19,21). The van der Waals surface area contributed by atoms with Gasteiger partial charge in [0.15, 0.2) is 0 Å². The summed E-state index contributed by atoms with van der Waals surface area (Å²) in [7, 11) is -4.18. The van der Waals surface area contributed by atoms with Gasteiger partial charge in [-0.1, -0.05) is 32.9 Å². The summed E-state index contributed by atoms with van der Waals surface area (Å²) in [5.41, 5.74) is -0.480. The quantitative estimate of drug-likeness (QED) is 0.720. The highest BCUT2D eigenvalue weighted by molar-refractivity contribution is 7.82. The SMILES string of the molecule is CC(C)(C)COS(=O)(=O)Oc1ccc(C(O)CNC(=O)OC(C)(C)C)cc1. The van der Waals surface area contributed by atoms with Gasteiger partial charge >= 0.3 is 16.5 Å². The number of benzene rings is 1. The van der Waals surface area contributed by atoms with E-state index in [2.05, 4.69) is 5.32 Å². The number of amides is 1. The first-order valence-electron chi connectivity index (χ1n) is 8.51. The molecule has 0 aromatic heterocycles.